The minimum absolute atomic E-state index is 0.109. The van der Waals surface area contributed by atoms with E-state index in [1.807, 2.05) is 58.0 Å². The molecule has 0 spiro atoms. The zero-order chi connectivity index (χ0) is 25.5. The molecule has 2 N–H and O–H groups in total. The predicted molar refractivity (Wildman–Crippen MR) is 137 cm³/mol. The Kier molecular flexibility index (Phi) is 9.15. The molecule has 1 aliphatic heterocycles. The van der Waals surface area contributed by atoms with Gasteiger partial charge in [-0.05, 0) is 49.9 Å². The van der Waals surface area contributed by atoms with Crippen LogP contribution in [-0.2, 0) is 16.0 Å². The summed E-state index contributed by atoms with van der Waals surface area (Å²) in [7, 11) is 0. The molecule has 0 saturated carbocycles. The maximum Gasteiger partial charge on any atom is 0.255 e. The number of halogens is 1. The number of hydrogen-bond donors (Lipinski definition) is 2. The molecular weight excluding hydrogens is 466 g/mol. The van der Waals surface area contributed by atoms with Crippen molar-refractivity contribution in [1.29, 1.82) is 0 Å². The van der Waals surface area contributed by atoms with Gasteiger partial charge in [0.1, 0.15) is 24.4 Å². The van der Waals surface area contributed by atoms with Crippen molar-refractivity contribution in [2.75, 3.05) is 13.2 Å². The zero-order valence-electron chi connectivity index (χ0n) is 20.7. The summed E-state index contributed by atoms with van der Waals surface area (Å²) >= 11 is 6.16. The first-order valence-corrected chi connectivity index (χ1v) is 12.4. The second-order valence-electron chi connectivity index (χ2n) is 9.52. The quantitative estimate of drug-likeness (QED) is 0.654. The molecule has 2 aromatic carbocycles. The summed E-state index contributed by atoms with van der Waals surface area (Å²) in [6.45, 7) is 8.29. The van der Waals surface area contributed by atoms with Crippen molar-refractivity contribution < 1.29 is 19.1 Å². The molecule has 1 aliphatic rings. The van der Waals surface area contributed by atoms with Crippen molar-refractivity contribution in [2.45, 2.75) is 58.7 Å². The maximum absolute atomic E-state index is 13.7. The van der Waals surface area contributed by atoms with E-state index in [1.165, 1.54) is 6.07 Å². The monoisotopic (exact) mass is 499 g/mol. The molecule has 8 heteroatoms. The van der Waals surface area contributed by atoms with Crippen LogP contribution in [0.15, 0.2) is 48.5 Å². The van der Waals surface area contributed by atoms with Gasteiger partial charge in [0.15, 0.2) is 0 Å². The van der Waals surface area contributed by atoms with Crippen LogP contribution in [-0.4, -0.2) is 53.9 Å². The van der Waals surface area contributed by atoms with E-state index in [2.05, 4.69) is 10.6 Å². The lowest BCUT2D eigenvalue weighted by Gasteiger charge is -2.31. The average molecular weight is 500 g/mol. The van der Waals surface area contributed by atoms with Crippen molar-refractivity contribution in [1.82, 2.24) is 15.5 Å². The third-order valence-electron chi connectivity index (χ3n) is 5.91. The summed E-state index contributed by atoms with van der Waals surface area (Å²) in [5, 5.41) is 6.16. The van der Waals surface area contributed by atoms with Crippen LogP contribution in [0, 0.1) is 5.92 Å². The second-order valence-corrected chi connectivity index (χ2v) is 9.96. The minimum Gasteiger partial charge on any atom is -0.491 e. The Bertz CT molecular complexity index is 1040. The fraction of sp³-hybridized carbons (Fsp3) is 0.444. The molecule has 7 nitrogen and oxygen atoms in total. The van der Waals surface area contributed by atoms with Crippen LogP contribution in [0.25, 0.3) is 0 Å². The van der Waals surface area contributed by atoms with Gasteiger partial charge < -0.3 is 20.3 Å². The summed E-state index contributed by atoms with van der Waals surface area (Å²) in [5.41, 5.74) is 1.18. The number of rotatable bonds is 5. The summed E-state index contributed by atoms with van der Waals surface area (Å²) in [6, 6.07) is 12.7. The van der Waals surface area contributed by atoms with Gasteiger partial charge >= 0.3 is 0 Å². The van der Waals surface area contributed by atoms with Gasteiger partial charge in [-0.1, -0.05) is 55.8 Å². The van der Waals surface area contributed by atoms with E-state index in [4.69, 9.17) is 16.3 Å². The van der Waals surface area contributed by atoms with Gasteiger partial charge in [0.2, 0.25) is 11.8 Å². The maximum atomic E-state index is 13.7. The van der Waals surface area contributed by atoms with Gasteiger partial charge in [0.05, 0.1) is 12.1 Å². The second kappa shape index (κ2) is 12.1. The van der Waals surface area contributed by atoms with Crippen molar-refractivity contribution in [3.8, 4) is 5.75 Å². The molecule has 0 aliphatic carbocycles. The molecule has 0 unspecified atom stereocenters. The van der Waals surface area contributed by atoms with Crippen LogP contribution >= 0.6 is 11.6 Å². The molecule has 3 amide bonds. The average Bonchev–Trinajstić information content (AvgIpc) is 2.81. The Balaban J connectivity index is 2.00. The molecule has 0 aromatic heterocycles. The smallest absolute Gasteiger partial charge is 0.255 e. The highest BCUT2D eigenvalue weighted by molar-refractivity contribution is 6.31. The van der Waals surface area contributed by atoms with E-state index in [0.29, 0.717) is 30.2 Å². The van der Waals surface area contributed by atoms with Crippen molar-refractivity contribution in [3.05, 3.63) is 64.7 Å². The number of benzene rings is 2. The van der Waals surface area contributed by atoms with Crippen molar-refractivity contribution in [2.24, 2.45) is 5.92 Å². The topological polar surface area (TPSA) is 87.7 Å². The van der Waals surface area contributed by atoms with E-state index < -0.39 is 23.9 Å². The number of nitrogens with zero attached hydrogens (tertiary/aromatic N) is 1. The molecule has 0 radical (unpaired) electrons. The fourth-order valence-corrected chi connectivity index (χ4v) is 4.32. The number of amides is 3. The van der Waals surface area contributed by atoms with E-state index in [0.717, 1.165) is 5.56 Å². The molecule has 188 valence electrons. The first kappa shape index (κ1) is 26.5. The van der Waals surface area contributed by atoms with Crippen LogP contribution < -0.4 is 15.4 Å². The number of hydrogen-bond acceptors (Lipinski definition) is 4. The Hall–Kier alpha value is -3.06. The van der Waals surface area contributed by atoms with Gasteiger partial charge in [-0.25, -0.2) is 0 Å². The summed E-state index contributed by atoms with van der Waals surface area (Å²) < 4.78 is 5.93. The van der Waals surface area contributed by atoms with Gasteiger partial charge in [-0.3, -0.25) is 14.4 Å². The Labute approximate surface area is 212 Å². The van der Waals surface area contributed by atoms with Gasteiger partial charge in [0, 0.05) is 17.5 Å². The van der Waals surface area contributed by atoms with Crippen molar-refractivity contribution in [3.63, 3.8) is 0 Å². The highest BCUT2D eigenvalue weighted by Gasteiger charge is 2.32. The number of carbonyl (C=O) groups is 3. The van der Waals surface area contributed by atoms with Crippen LogP contribution in [0.5, 0.6) is 5.75 Å². The minimum atomic E-state index is -0.825. The fourth-order valence-electron chi connectivity index (χ4n) is 4.14. The van der Waals surface area contributed by atoms with Crippen LogP contribution in [0.1, 0.15) is 50.0 Å². The summed E-state index contributed by atoms with van der Waals surface area (Å²) in [4.78, 5) is 42.0. The van der Waals surface area contributed by atoms with Gasteiger partial charge in [-0.15, -0.1) is 0 Å². The number of carbonyl (C=O) groups excluding carboxylic acids is 3. The van der Waals surface area contributed by atoms with Gasteiger partial charge in [0.25, 0.3) is 5.91 Å². The molecule has 35 heavy (non-hydrogen) atoms. The van der Waals surface area contributed by atoms with E-state index in [9.17, 15) is 14.4 Å². The molecule has 3 rings (SSSR count). The first-order valence-electron chi connectivity index (χ1n) is 12.0. The van der Waals surface area contributed by atoms with Crippen LogP contribution in [0.2, 0.25) is 5.02 Å². The predicted octanol–water partition coefficient (Wildman–Crippen LogP) is 3.84. The van der Waals surface area contributed by atoms with Crippen molar-refractivity contribution >= 4 is 29.3 Å². The van der Waals surface area contributed by atoms with Gasteiger partial charge in [-0.2, -0.15) is 0 Å². The molecule has 1 heterocycles. The Morgan fingerprint density at radius 1 is 1.00 bits per heavy atom. The highest BCUT2D eigenvalue weighted by Crippen LogP contribution is 2.24. The summed E-state index contributed by atoms with van der Waals surface area (Å²) in [6.07, 6.45) is 0.752. The zero-order valence-corrected chi connectivity index (χ0v) is 21.5. The molecule has 0 saturated heterocycles. The third-order valence-corrected chi connectivity index (χ3v) is 6.14. The van der Waals surface area contributed by atoms with Crippen LogP contribution in [0.4, 0.5) is 0 Å². The van der Waals surface area contributed by atoms with E-state index >= 15 is 0 Å². The first-order chi connectivity index (χ1) is 16.7. The lowest BCUT2D eigenvalue weighted by molar-refractivity contribution is -0.138. The third kappa shape index (κ3) is 7.21. The highest BCUT2D eigenvalue weighted by atomic mass is 35.5. The molecule has 0 bridgehead atoms. The normalized spacial score (nSPS) is 19.7. The lowest BCUT2D eigenvalue weighted by Crippen LogP contribution is -2.56. The molecular formula is C27H34ClN3O4. The SMILES string of the molecule is CC(C)C[C@@H]1NC(=O)c2cc(Cl)ccc2OCCN(C(C)C)C(=O)[C@H](Cc2ccccc2)NC1=O. The molecule has 0 fully saturated rings. The van der Waals surface area contributed by atoms with Crippen LogP contribution in [0.3, 0.4) is 0 Å². The number of fused-ring (bicyclic) bond motifs is 1. The van der Waals surface area contributed by atoms with E-state index in [-0.39, 0.29) is 30.0 Å². The largest absolute Gasteiger partial charge is 0.491 e. The molecule has 2 aromatic rings. The molecule has 2 atom stereocenters. The number of ether oxygens (including phenoxy) is 1. The number of nitrogens with one attached hydrogen (secondary N) is 2. The Morgan fingerprint density at radius 3 is 2.37 bits per heavy atom. The standard InChI is InChI=1S/C27H34ClN3O4/c1-17(2)14-22-26(33)30-23(15-19-8-6-5-7-9-19)27(34)31(18(3)4)12-13-35-24-11-10-20(28)16-21(24)25(32)29-22/h5-11,16-18,22-23H,12-15H2,1-4H3,(H,29,32)(H,30,33)/t22-,23-/m0/s1. The lowest BCUT2D eigenvalue weighted by atomic mass is 10.00. The Morgan fingerprint density at radius 2 is 1.71 bits per heavy atom. The van der Waals surface area contributed by atoms with E-state index in [1.54, 1.807) is 17.0 Å². The summed E-state index contributed by atoms with van der Waals surface area (Å²) in [5.74, 6) is -0.548.